The van der Waals surface area contributed by atoms with E-state index in [1.54, 1.807) is 6.33 Å². The monoisotopic (exact) mass is 310 g/mol. The van der Waals surface area contributed by atoms with Crippen LogP contribution in [0, 0.1) is 24.7 Å². The molecule has 2 heterocycles. The van der Waals surface area contributed by atoms with Crippen molar-refractivity contribution in [2.75, 3.05) is 13.1 Å². The highest BCUT2D eigenvalue weighted by atomic mass is 16.2. The van der Waals surface area contributed by atoms with E-state index in [9.17, 15) is 4.79 Å². The van der Waals surface area contributed by atoms with Crippen LogP contribution in [0.5, 0.6) is 0 Å². The second-order valence-corrected chi connectivity index (χ2v) is 7.32. The van der Waals surface area contributed by atoms with Crippen molar-refractivity contribution in [3.05, 3.63) is 35.8 Å². The molecule has 2 N–H and O–H groups in total. The van der Waals surface area contributed by atoms with Gasteiger partial charge in [0.25, 0.3) is 0 Å². The van der Waals surface area contributed by atoms with Gasteiger partial charge in [0, 0.05) is 11.3 Å². The standard InChI is InChI=1S/C18H22N4O/c1-10-5-4-6-11-15(10)20-9-21-16(11)18(2,3)22-17(23)14-12-7-19-8-13(12)14/h4-6,9,12-14,19H,7-8H2,1-3H3,(H,22,23)/t12-,13+,14?. The first kappa shape index (κ1) is 14.6. The summed E-state index contributed by atoms with van der Waals surface area (Å²) in [6.07, 6.45) is 1.59. The number of fused-ring (bicyclic) bond motifs is 2. The average Bonchev–Trinajstić information content (AvgIpc) is 3.00. The molecule has 1 amide bonds. The molecule has 1 aromatic heterocycles. The molecule has 120 valence electrons. The van der Waals surface area contributed by atoms with Crippen molar-refractivity contribution in [2.45, 2.75) is 26.3 Å². The van der Waals surface area contributed by atoms with Crippen molar-refractivity contribution < 1.29 is 4.79 Å². The summed E-state index contributed by atoms with van der Waals surface area (Å²) in [5.74, 6) is 1.38. The number of nitrogens with one attached hydrogen (secondary N) is 2. The van der Waals surface area contributed by atoms with E-state index in [4.69, 9.17) is 0 Å². The van der Waals surface area contributed by atoms with Crippen LogP contribution < -0.4 is 10.6 Å². The molecule has 3 atom stereocenters. The highest BCUT2D eigenvalue weighted by Gasteiger charge is 2.57. The predicted molar refractivity (Wildman–Crippen MR) is 88.8 cm³/mol. The van der Waals surface area contributed by atoms with Gasteiger partial charge in [0.15, 0.2) is 0 Å². The lowest BCUT2D eigenvalue weighted by atomic mass is 9.95. The van der Waals surface area contributed by atoms with Gasteiger partial charge in [0.05, 0.1) is 16.7 Å². The zero-order valence-electron chi connectivity index (χ0n) is 13.8. The van der Waals surface area contributed by atoms with Crippen LogP contribution in [-0.2, 0) is 10.3 Å². The van der Waals surface area contributed by atoms with Crippen molar-refractivity contribution in [1.29, 1.82) is 0 Å². The molecule has 2 fully saturated rings. The zero-order chi connectivity index (χ0) is 16.2. The number of piperidine rings is 1. The van der Waals surface area contributed by atoms with Gasteiger partial charge in [-0.1, -0.05) is 18.2 Å². The Morgan fingerprint density at radius 3 is 2.74 bits per heavy atom. The first-order valence-corrected chi connectivity index (χ1v) is 8.22. The van der Waals surface area contributed by atoms with Gasteiger partial charge >= 0.3 is 0 Å². The van der Waals surface area contributed by atoms with Crippen LogP contribution >= 0.6 is 0 Å². The maximum atomic E-state index is 12.6. The molecule has 2 aliphatic rings. The van der Waals surface area contributed by atoms with E-state index in [1.807, 2.05) is 39.0 Å². The summed E-state index contributed by atoms with van der Waals surface area (Å²) < 4.78 is 0. The molecule has 1 aliphatic carbocycles. The van der Waals surface area contributed by atoms with Crippen molar-refractivity contribution in [3.8, 4) is 0 Å². The molecule has 1 unspecified atom stereocenters. The quantitative estimate of drug-likeness (QED) is 0.906. The molecular formula is C18H22N4O. The predicted octanol–water partition coefficient (Wildman–Crippen LogP) is 1.75. The van der Waals surface area contributed by atoms with Crippen LogP contribution in [0.3, 0.4) is 0 Å². The summed E-state index contributed by atoms with van der Waals surface area (Å²) in [6, 6.07) is 6.09. The molecule has 1 aliphatic heterocycles. The average molecular weight is 310 g/mol. The Labute approximate surface area is 135 Å². The molecule has 0 radical (unpaired) electrons. The van der Waals surface area contributed by atoms with Crippen LogP contribution in [0.2, 0.25) is 0 Å². The lowest BCUT2D eigenvalue weighted by Crippen LogP contribution is -2.43. The van der Waals surface area contributed by atoms with Crippen LogP contribution in [0.4, 0.5) is 0 Å². The molecule has 5 heteroatoms. The molecule has 1 saturated heterocycles. The number of rotatable bonds is 3. The number of nitrogens with zero attached hydrogens (tertiary/aromatic N) is 2. The Balaban J connectivity index is 1.63. The summed E-state index contributed by atoms with van der Waals surface area (Å²) >= 11 is 0. The second kappa shape index (κ2) is 4.99. The third-order valence-electron chi connectivity index (χ3n) is 5.29. The molecule has 0 bridgehead atoms. The van der Waals surface area contributed by atoms with E-state index in [1.165, 1.54) is 0 Å². The summed E-state index contributed by atoms with van der Waals surface area (Å²) in [5.41, 5.74) is 2.43. The number of hydrogen-bond acceptors (Lipinski definition) is 4. The van der Waals surface area contributed by atoms with E-state index < -0.39 is 5.54 Å². The molecule has 1 saturated carbocycles. The lowest BCUT2D eigenvalue weighted by molar-refractivity contribution is -0.124. The molecule has 23 heavy (non-hydrogen) atoms. The Morgan fingerprint density at radius 2 is 2.00 bits per heavy atom. The maximum Gasteiger partial charge on any atom is 0.224 e. The van der Waals surface area contributed by atoms with Gasteiger partial charge in [-0.05, 0) is 51.3 Å². The summed E-state index contributed by atoms with van der Waals surface area (Å²) in [7, 11) is 0. The maximum absolute atomic E-state index is 12.6. The minimum absolute atomic E-state index is 0.158. The topological polar surface area (TPSA) is 66.9 Å². The van der Waals surface area contributed by atoms with Gasteiger partial charge in [0.2, 0.25) is 5.91 Å². The van der Waals surface area contributed by atoms with Crippen molar-refractivity contribution >= 4 is 16.8 Å². The number of amides is 1. The third kappa shape index (κ3) is 2.30. The van der Waals surface area contributed by atoms with Gasteiger partial charge in [-0.3, -0.25) is 4.79 Å². The highest BCUT2D eigenvalue weighted by Crippen LogP contribution is 2.49. The molecule has 1 aromatic carbocycles. The number of benzene rings is 1. The molecular weight excluding hydrogens is 288 g/mol. The highest BCUT2D eigenvalue weighted by molar-refractivity contribution is 5.87. The van der Waals surface area contributed by atoms with E-state index in [0.717, 1.165) is 35.2 Å². The number of para-hydroxylation sites is 1. The van der Waals surface area contributed by atoms with Crippen molar-refractivity contribution in [3.63, 3.8) is 0 Å². The van der Waals surface area contributed by atoms with Crippen LogP contribution in [0.25, 0.3) is 10.9 Å². The Bertz CT molecular complexity index is 776. The Morgan fingerprint density at radius 1 is 1.26 bits per heavy atom. The van der Waals surface area contributed by atoms with Gasteiger partial charge in [-0.2, -0.15) is 0 Å². The van der Waals surface area contributed by atoms with Crippen molar-refractivity contribution in [1.82, 2.24) is 20.6 Å². The summed E-state index contributed by atoms with van der Waals surface area (Å²) in [4.78, 5) is 21.5. The van der Waals surface area contributed by atoms with Gasteiger partial charge in [-0.25, -0.2) is 9.97 Å². The van der Waals surface area contributed by atoms with Crippen molar-refractivity contribution in [2.24, 2.45) is 17.8 Å². The van der Waals surface area contributed by atoms with E-state index in [0.29, 0.717) is 11.8 Å². The normalized spacial score (nSPS) is 26.1. The number of carbonyl (C=O) groups excluding carboxylic acids is 1. The van der Waals surface area contributed by atoms with Crippen LogP contribution in [0.15, 0.2) is 24.5 Å². The van der Waals surface area contributed by atoms with Gasteiger partial charge < -0.3 is 10.6 Å². The number of carbonyl (C=O) groups is 1. The lowest BCUT2D eigenvalue weighted by Gasteiger charge is -2.27. The molecule has 2 aromatic rings. The smallest absolute Gasteiger partial charge is 0.224 e. The van der Waals surface area contributed by atoms with E-state index in [2.05, 4.69) is 20.6 Å². The molecule has 0 spiro atoms. The number of hydrogen-bond donors (Lipinski definition) is 2. The molecule has 4 rings (SSSR count). The largest absolute Gasteiger partial charge is 0.345 e. The van der Waals surface area contributed by atoms with E-state index >= 15 is 0 Å². The Hall–Kier alpha value is -2.01. The van der Waals surface area contributed by atoms with Gasteiger partial charge in [-0.15, -0.1) is 0 Å². The minimum atomic E-state index is -0.517. The number of aromatic nitrogens is 2. The molecule has 5 nitrogen and oxygen atoms in total. The fourth-order valence-corrected chi connectivity index (χ4v) is 3.99. The number of aryl methyl sites for hydroxylation is 1. The Kier molecular flexibility index (Phi) is 3.17. The first-order valence-electron chi connectivity index (χ1n) is 8.22. The zero-order valence-corrected chi connectivity index (χ0v) is 13.8. The van der Waals surface area contributed by atoms with E-state index in [-0.39, 0.29) is 11.8 Å². The van der Waals surface area contributed by atoms with Crippen LogP contribution in [0.1, 0.15) is 25.1 Å². The SMILES string of the molecule is Cc1cccc2c(C(C)(C)NC(=O)C3[C@H]4CNC[C@@H]34)ncnc12. The summed E-state index contributed by atoms with van der Waals surface area (Å²) in [6.45, 7) is 8.03. The fraction of sp³-hybridized carbons (Fsp3) is 0.500. The summed E-state index contributed by atoms with van der Waals surface area (Å²) in [5, 5.41) is 7.56. The fourth-order valence-electron chi connectivity index (χ4n) is 3.99. The minimum Gasteiger partial charge on any atom is -0.345 e. The second-order valence-electron chi connectivity index (χ2n) is 7.32. The van der Waals surface area contributed by atoms with Gasteiger partial charge in [0.1, 0.15) is 6.33 Å². The third-order valence-corrected chi connectivity index (χ3v) is 5.29. The van der Waals surface area contributed by atoms with Crippen LogP contribution in [-0.4, -0.2) is 29.0 Å². The first-order chi connectivity index (χ1) is 11.0.